The summed E-state index contributed by atoms with van der Waals surface area (Å²) in [4.78, 5) is 14.4. The lowest BCUT2D eigenvalue weighted by molar-refractivity contribution is -0.142. The average molecular weight is 316 g/mol. The summed E-state index contributed by atoms with van der Waals surface area (Å²) >= 11 is 0. The van der Waals surface area contributed by atoms with Gasteiger partial charge in [0.2, 0.25) is 5.91 Å². The van der Waals surface area contributed by atoms with Crippen LogP contribution in [0.5, 0.6) is 0 Å². The van der Waals surface area contributed by atoms with Crippen LogP contribution >= 0.6 is 0 Å². The number of hydrogen-bond donors (Lipinski definition) is 0. The minimum Gasteiger partial charge on any atom is -0.400 e. The molecule has 6 heteroatoms. The molecule has 2 fully saturated rings. The van der Waals surface area contributed by atoms with E-state index in [4.69, 9.17) is 9.31 Å². The van der Waals surface area contributed by atoms with Gasteiger partial charge in [-0.05, 0) is 58.9 Å². The van der Waals surface area contributed by atoms with Crippen molar-refractivity contribution in [2.75, 3.05) is 13.1 Å². The molecule has 0 radical (unpaired) electrons. The van der Waals surface area contributed by atoms with Crippen molar-refractivity contribution < 1.29 is 14.1 Å². The van der Waals surface area contributed by atoms with Crippen LogP contribution in [0.25, 0.3) is 0 Å². The SMILES string of the molecule is CC1(C)OB(C2=CCN(C(=O)C3(C#N)CCC3)CC2)OC1(C)C. The minimum absolute atomic E-state index is 0.00420. The van der Waals surface area contributed by atoms with Gasteiger partial charge in [0.1, 0.15) is 5.41 Å². The maximum Gasteiger partial charge on any atom is 0.490 e. The van der Waals surface area contributed by atoms with Crippen LogP contribution in [0.1, 0.15) is 53.4 Å². The summed E-state index contributed by atoms with van der Waals surface area (Å²) in [5.74, 6) is -0.00420. The van der Waals surface area contributed by atoms with Gasteiger partial charge in [0.15, 0.2) is 0 Å². The van der Waals surface area contributed by atoms with E-state index < -0.39 is 5.41 Å². The molecule has 0 spiro atoms. The van der Waals surface area contributed by atoms with Gasteiger partial charge in [0.05, 0.1) is 17.3 Å². The van der Waals surface area contributed by atoms with Crippen molar-refractivity contribution in [3.63, 3.8) is 0 Å². The summed E-state index contributed by atoms with van der Waals surface area (Å²) in [5.41, 5.74) is -0.340. The summed E-state index contributed by atoms with van der Waals surface area (Å²) in [6, 6.07) is 2.24. The molecule has 3 aliphatic rings. The zero-order chi connectivity index (χ0) is 16.9. The number of carbonyl (C=O) groups excluding carboxylic acids is 1. The Hall–Kier alpha value is -1.32. The van der Waals surface area contributed by atoms with Crippen molar-refractivity contribution in [2.24, 2.45) is 5.41 Å². The lowest BCUT2D eigenvalue weighted by Crippen LogP contribution is -2.49. The molecule has 0 unspecified atom stereocenters. The van der Waals surface area contributed by atoms with E-state index in [0.29, 0.717) is 25.9 Å². The number of carbonyl (C=O) groups is 1. The molecule has 124 valence electrons. The Morgan fingerprint density at radius 3 is 2.26 bits per heavy atom. The van der Waals surface area contributed by atoms with Gasteiger partial charge in [-0.1, -0.05) is 6.08 Å². The fraction of sp³-hybridized carbons (Fsp3) is 0.765. The van der Waals surface area contributed by atoms with Gasteiger partial charge >= 0.3 is 7.12 Å². The lowest BCUT2D eigenvalue weighted by atomic mass is 9.68. The Balaban J connectivity index is 1.66. The molecule has 23 heavy (non-hydrogen) atoms. The van der Waals surface area contributed by atoms with Crippen LogP contribution in [-0.4, -0.2) is 42.2 Å². The van der Waals surface area contributed by atoms with Crippen LogP contribution in [0.15, 0.2) is 11.5 Å². The van der Waals surface area contributed by atoms with Crippen molar-refractivity contribution in [2.45, 2.75) is 64.6 Å². The van der Waals surface area contributed by atoms with E-state index in [0.717, 1.165) is 18.3 Å². The third-order valence-electron chi connectivity index (χ3n) is 5.92. The Morgan fingerprint density at radius 1 is 1.26 bits per heavy atom. The number of amides is 1. The quantitative estimate of drug-likeness (QED) is 0.734. The van der Waals surface area contributed by atoms with E-state index >= 15 is 0 Å². The second kappa shape index (κ2) is 5.36. The molecule has 0 aromatic rings. The highest BCUT2D eigenvalue weighted by Crippen LogP contribution is 2.43. The predicted molar refractivity (Wildman–Crippen MR) is 87.3 cm³/mol. The Labute approximate surface area is 138 Å². The number of nitriles is 1. The molecule has 1 saturated heterocycles. The fourth-order valence-electron chi connectivity index (χ4n) is 3.28. The van der Waals surface area contributed by atoms with Crippen molar-refractivity contribution in [3.05, 3.63) is 11.5 Å². The van der Waals surface area contributed by atoms with Crippen LogP contribution in [0.2, 0.25) is 0 Å². The maximum atomic E-state index is 12.6. The van der Waals surface area contributed by atoms with Gasteiger partial charge in [-0.15, -0.1) is 0 Å². The Morgan fingerprint density at radius 2 is 1.87 bits per heavy atom. The number of rotatable bonds is 2. The van der Waals surface area contributed by atoms with E-state index in [1.807, 2.05) is 33.8 Å². The molecule has 2 aliphatic heterocycles. The molecule has 0 aromatic carbocycles. The first kappa shape index (κ1) is 16.5. The zero-order valence-corrected chi connectivity index (χ0v) is 14.5. The lowest BCUT2D eigenvalue weighted by Gasteiger charge is -2.39. The van der Waals surface area contributed by atoms with E-state index in [-0.39, 0.29) is 24.2 Å². The third kappa shape index (κ3) is 2.60. The molecular weight excluding hydrogens is 291 g/mol. The summed E-state index contributed by atoms with van der Waals surface area (Å²) in [7, 11) is -0.328. The van der Waals surface area contributed by atoms with Gasteiger partial charge in [-0.25, -0.2) is 0 Å². The van der Waals surface area contributed by atoms with Crippen LogP contribution in [-0.2, 0) is 14.1 Å². The molecule has 0 atom stereocenters. The van der Waals surface area contributed by atoms with Gasteiger partial charge < -0.3 is 14.2 Å². The first-order chi connectivity index (χ1) is 10.7. The predicted octanol–water partition coefficient (Wildman–Crippen LogP) is 2.47. The van der Waals surface area contributed by atoms with Gasteiger partial charge in [0, 0.05) is 13.1 Å². The summed E-state index contributed by atoms with van der Waals surface area (Å²) in [5, 5.41) is 9.32. The minimum atomic E-state index is -0.754. The summed E-state index contributed by atoms with van der Waals surface area (Å²) in [6.45, 7) is 9.35. The summed E-state index contributed by atoms with van der Waals surface area (Å²) < 4.78 is 12.1. The first-order valence-electron chi connectivity index (χ1n) is 8.46. The maximum absolute atomic E-state index is 12.6. The van der Waals surface area contributed by atoms with Crippen molar-refractivity contribution in [1.82, 2.24) is 4.90 Å². The van der Waals surface area contributed by atoms with Crippen molar-refractivity contribution in [3.8, 4) is 6.07 Å². The van der Waals surface area contributed by atoms with Crippen LogP contribution in [0.3, 0.4) is 0 Å². The molecule has 1 amide bonds. The van der Waals surface area contributed by atoms with E-state index in [9.17, 15) is 10.1 Å². The van der Waals surface area contributed by atoms with Crippen LogP contribution < -0.4 is 0 Å². The second-order valence-electron chi connectivity index (χ2n) is 7.92. The molecule has 5 nitrogen and oxygen atoms in total. The Bertz CT molecular complexity index is 571. The molecule has 1 aliphatic carbocycles. The van der Waals surface area contributed by atoms with Crippen molar-refractivity contribution >= 4 is 13.0 Å². The van der Waals surface area contributed by atoms with E-state index in [1.54, 1.807) is 4.90 Å². The second-order valence-corrected chi connectivity index (χ2v) is 7.92. The monoisotopic (exact) mass is 316 g/mol. The Kier molecular flexibility index (Phi) is 3.85. The highest BCUT2D eigenvalue weighted by Gasteiger charge is 2.53. The van der Waals surface area contributed by atoms with E-state index in [1.165, 1.54) is 0 Å². The van der Waals surface area contributed by atoms with Crippen LogP contribution in [0, 0.1) is 16.7 Å². The largest absolute Gasteiger partial charge is 0.490 e. The molecule has 0 bridgehead atoms. The number of nitrogens with zero attached hydrogens (tertiary/aromatic N) is 2. The van der Waals surface area contributed by atoms with Gasteiger partial charge in [-0.2, -0.15) is 5.26 Å². The van der Waals surface area contributed by atoms with Gasteiger partial charge in [-0.3, -0.25) is 4.79 Å². The topological polar surface area (TPSA) is 62.6 Å². The fourth-order valence-corrected chi connectivity index (χ4v) is 3.28. The summed E-state index contributed by atoms with van der Waals surface area (Å²) in [6.07, 6.45) is 5.15. The highest BCUT2D eigenvalue weighted by atomic mass is 16.7. The van der Waals surface area contributed by atoms with Gasteiger partial charge in [0.25, 0.3) is 0 Å². The molecule has 1 saturated carbocycles. The first-order valence-corrected chi connectivity index (χ1v) is 8.46. The van der Waals surface area contributed by atoms with Crippen molar-refractivity contribution in [1.29, 1.82) is 5.26 Å². The van der Waals surface area contributed by atoms with E-state index in [2.05, 4.69) is 6.07 Å². The molecule has 3 rings (SSSR count). The molecule has 0 N–H and O–H groups in total. The normalized spacial score (nSPS) is 27.9. The molecule has 2 heterocycles. The smallest absolute Gasteiger partial charge is 0.400 e. The highest BCUT2D eigenvalue weighted by molar-refractivity contribution is 6.54. The standard InChI is InChI=1S/C17H25BN2O3/c1-15(2)16(3,4)23-18(22-15)13-6-10-20(11-7-13)14(21)17(12-19)8-5-9-17/h6H,5,7-11H2,1-4H3. The van der Waals surface area contributed by atoms with Crippen LogP contribution in [0.4, 0.5) is 0 Å². The molecular formula is C17H25BN2O3. The number of hydrogen-bond acceptors (Lipinski definition) is 4. The zero-order valence-electron chi connectivity index (χ0n) is 14.5. The average Bonchev–Trinajstić information content (AvgIpc) is 2.67. The molecule has 0 aromatic heterocycles. The third-order valence-corrected chi connectivity index (χ3v) is 5.92.